The average Bonchev–Trinajstić information content (AvgIpc) is 3.04. The first kappa shape index (κ1) is 18.7. The van der Waals surface area contributed by atoms with Gasteiger partial charge in [-0.3, -0.25) is 0 Å². The van der Waals surface area contributed by atoms with Crippen molar-refractivity contribution in [3.8, 4) is 16.9 Å². The second-order valence-electron chi connectivity index (χ2n) is 9.36. The summed E-state index contributed by atoms with van der Waals surface area (Å²) >= 11 is 0. The molecule has 0 aliphatic heterocycles. The van der Waals surface area contributed by atoms with E-state index in [1.54, 1.807) is 18.2 Å². The highest BCUT2D eigenvalue weighted by atomic mass is 16.5. The monoisotopic (exact) mass is 384 g/mol. The van der Waals surface area contributed by atoms with Gasteiger partial charge in [0.15, 0.2) is 0 Å². The van der Waals surface area contributed by atoms with Crippen molar-refractivity contribution in [3.63, 3.8) is 0 Å². The molecule has 2 aliphatic carbocycles. The SMILES string of the molecule is CCC1(CC)CCC2(CC1)c1ccccc1-c1c2cc(C)c2cc(OC)ccc12. The van der Waals surface area contributed by atoms with Crippen LogP contribution < -0.4 is 4.74 Å². The van der Waals surface area contributed by atoms with E-state index in [1.165, 1.54) is 66.0 Å². The minimum absolute atomic E-state index is 0.193. The highest BCUT2D eigenvalue weighted by Crippen LogP contribution is 2.61. The van der Waals surface area contributed by atoms with Gasteiger partial charge in [0.05, 0.1) is 7.11 Å². The van der Waals surface area contributed by atoms with E-state index in [1.807, 2.05) is 0 Å². The van der Waals surface area contributed by atoms with E-state index in [9.17, 15) is 0 Å². The fourth-order valence-corrected chi connectivity index (χ4v) is 6.34. The van der Waals surface area contributed by atoms with Crippen LogP contribution in [0.5, 0.6) is 5.75 Å². The van der Waals surface area contributed by atoms with Crippen molar-refractivity contribution < 1.29 is 4.74 Å². The molecule has 1 heteroatoms. The number of fused-ring (bicyclic) bond motifs is 7. The third-order valence-corrected chi connectivity index (χ3v) is 8.44. The van der Waals surface area contributed by atoms with Gasteiger partial charge in [-0.05, 0) is 88.7 Å². The summed E-state index contributed by atoms with van der Waals surface area (Å²) in [4.78, 5) is 0. The Labute approximate surface area is 175 Å². The van der Waals surface area contributed by atoms with E-state index in [-0.39, 0.29) is 5.41 Å². The van der Waals surface area contributed by atoms with Crippen molar-refractivity contribution in [1.82, 2.24) is 0 Å². The Bertz CT molecular complexity index is 1080. The van der Waals surface area contributed by atoms with Gasteiger partial charge in [-0.25, -0.2) is 0 Å². The van der Waals surface area contributed by atoms with Crippen molar-refractivity contribution in [3.05, 3.63) is 65.2 Å². The Kier molecular flexibility index (Phi) is 4.28. The fraction of sp³-hybridized carbons (Fsp3) is 0.429. The minimum Gasteiger partial charge on any atom is -0.497 e. The number of hydrogen-bond donors (Lipinski definition) is 0. The number of aryl methyl sites for hydroxylation is 1. The van der Waals surface area contributed by atoms with Crippen molar-refractivity contribution in [1.29, 1.82) is 0 Å². The van der Waals surface area contributed by atoms with Crippen LogP contribution in [-0.2, 0) is 5.41 Å². The van der Waals surface area contributed by atoms with E-state index in [2.05, 4.69) is 69.3 Å². The van der Waals surface area contributed by atoms with E-state index < -0.39 is 0 Å². The van der Waals surface area contributed by atoms with Crippen LogP contribution in [0, 0.1) is 12.3 Å². The minimum atomic E-state index is 0.193. The summed E-state index contributed by atoms with van der Waals surface area (Å²) in [5.41, 5.74) is 8.18. The maximum Gasteiger partial charge on any atom is 0.119 e. The van der Waals surface area contributed by atoms with Gasteiger partial charge in [0.1, 0.15) is 5.75 Å². The Morgan fingerprint density at radius 3 is 2.24 bits per heavy atom. The Hall–Kier alpha value is -2.28. The molecule has 5 rings (SSSR count). The molecule has 0 N–H and O–H groups in total. The third-order valence-electron chi connectivity index (χ3n) is 8.44. The summed E-state index contributed by atoms with van der Waals surface area (Å²) in [5.74, 6) is 0.940. The summed E-state index contributed by atoms with van der Waals surface area (Å²) in [6.07, 6.45) is 7.86. The van der Waals surface area contributed by atoms with Gasteiger partial charge in [0, 0.05) is 5.41 Å². The second-order valence-corrected chi connectivity index (χ2v) is 9.36. The van der Waals surface area contributed by atoms with E-state index in [0.717, 1.165) is 5.75 Å². The highest BCUT2D eigenvalue weighted by molar-refractivity contribution is 6.04. The van der Waals surface area contributed by atoms with Crippen molar-refractivity contribution in [2.45, 2.75) is 64.7 Å². The molecule has 0 unspecified atom stereocenters. The van der Waals surface area contributed by atoms with Crippen molar-refractivity contribution in [2.75, 3.05) is 7.11 Å². The van der Waals surface area contributed by atoms with Gasteiger partial charge in [0.2, 0.25) is 0 Å². The van der Waals surface area contributed by atoms with Crippen LogP contribution >= 0.6 is 0 Å². The Balaban J connectivity index is 1.76. The number of hydrogen-bond acceptors (Lipinski definition) is 1. The molecule has 150 valence electrons. The second kappa shape index (κ2) is 6.62. The zero-order chi connectivity index (χ0) is 20.2. The number of ether oxygens (including phenoxy) is 1. The molecular formula is C28H32O. The molecule has 1 nitrogen and oxygen atoms in total. The lowest BCUT2D eigenvalue weighted by Gasteiger charge is -2.45. The van der Waals surface area contributed by atoms with Crippen LogP contribution in [0.25, 0.3) is 21.9 Å². The lowest BCUT2D eigenvalue weighted by Crippen LogP contribution is -2.36. The molecule has 3 aromatic carbocycles. The molecule has 0 heterocycles. The van der Waals surface area contributed by atoms with Crippen LogP contribution in [0.15, 0.2) is 48.5 Å². The van der Waals surface area contributed by atoms with Gasteiger partial charge in [-0.15, -0.1) is 0 Å². The quantitative estimate of drug-likeness (QED) is 0.447. The fourth-order valence-electron chi connectivity index (χ4n) is 6.34. The van der Waals surface area contributed by atoms with Crippen LogP contribution in [-0.4, -0.2) is 7.11 Å². The first-order chi connectivity index (χ1) is 14.1. The summed E-state index contributed by atoms with van der Waals surface area (Å²) in [7, 11) is 1.75. The Morgan fingerprint density at radius 1 is 0.828 bits per heavy atom. The number of rotatable bonds is 3. The molecule has 0 amide bonds. The van der Waals surface area contributed by atoms with Crippen LogP contribution in [0.1, 0.15) is 69.1 Å². The summed E-state index contributed by atoms with van der Waals surface area (Å²) < 4.78 is 5.52. The molecule has 2 aliphatic rings. The van der Waals surface area contributed by atoms with Gasteiger partial charge in [0.25, 0.3) is 0 Å². The Morgan fingerprint density at radius 2 is 1.55 bits per heavy atom. The molecule has 29 heavy (non-hydrogen) atoms. The number of benzene rings is 3. The standard InChI is InChI=1S/C28H32O/c1-5-27(6-2)13-15-28(16-14-27)24-10-8-7-9-22(24)26-21-12-11-20(29-4)18-23(21)19(3)17-25(26)28/h7-12,17-18H,5-6,13-16H2,1-4H3. The normalized spacial score (nSPS) is 18.6. The van der Waals surface area contributed by atoms with E-state index >= 15 is 0 Å². The van der Waals surface area contributed by atoms with Gasteiger partial charge >= 0.3 is 0 Å². The zero-order valence-corrected chi connectivity index (χ0v) is 18.3. The summed E-state index contributed by atoms with van der Waals surface area (Å²) in [5, 5.41) is 2.70. The zero-order valence-electron chi connectivity index (χ0n) is 18.3. The number of methoxy groups -OCH3 is 1. The molecule has 1 fully saturated rings. The third kappa shape index (κ3) is 2.52. The lowest BCUT2D eigenvalue weighted by molar-refractivity contribution is 0.133. The smallest absolute Gasteiger partial charge is 0.119 e. The van der Waals surface area contributed by atoms with Crippen LogP contribution in [0.2, 0.25) is 0 Å². The largest absolute Gasteiger partial charge is 0.497 e. The molecule has 0 radical (unpaired) electrons. The molecule has 3 aromatic rings. The van der Waals surface area contributed by atoms with E-state index in [4.69, 9.17) is 4.74 Å². The highest BCUT2D eigenvalue weighted by Gasteiger charge is 2.48. The van der Waals surface area contributed by atoms with Gasteiger partial charge in [-0.2, -0.15) is 0 Å². The topological polar surface area (TPSA) is 9.23 Å². The molecule has 0 atom stereocenters. The predicted octanol–water partition coefficient (Wildman–Crippen LogP) is 7.80. The lowest BCUT2D eigenvalue weighted by atomic mass is 9.58. The maximum atomic E-state index is 5.52. The van der Waals surface area contributed by atoms with Gasteiger partial charge < -0.3 is 4.74 Å². The first-order valence-corrected chi connectivity index (χ1v) is 11.3. The van der Waals surface area contributed by atoms with E-state index in [0.29, 0.717) is 5.41 Å². The summed E-state index contributed by atoms with van der Waals surface area (Å²) in [6.45, 7) is 7.05. The van der Waals surface area contributed by atoms with Crippen LogP contribution in [0.4, 0.5) is 0 Å². The predicted molar refractivity (Wildman–Crippen MR) is 123 cm³/mol. The van der Waals surface area contributed by atoms with Crippen molar-refractivity contribution in [2.24, 2.45) is 5.41 Å². The first-order valence-electron chi connectivity index (χ1n) is 11.3. The molecular weight excluding hydrogens is 352 g/mol. The van der Waals surface area contributed by atoms with Crippen LogP contribution in [0.3, 0.4) is 0 Å². The summed E-state index contributed by atoms with van der Waals surface area (Å²) in [6, 6.07) is 18.3. The molecule has 0 bridgehead atoms. The molecule has 0 saturated heterocycles. The molecule has 0 aromatic heterocycles. The average molecular weight is 385 g/mol. The molecule has 1 saturated carbocycles. The molecule has 1 spiro atoms. The van der Waals surface area contributed by atoms with Crippen molar-refractivity contribution >= 4 is 10.8 Å². The maximum absolute atomic E-state index is 5.52. The van der Waals surface area contributed by atoms with Gasteiger partial charge in [-0.1, -0.05) is 63.1 Å².